The molecule has 0 amide bonds. The number of thiophene rings is 1. The van der Waals surface area contributed by atoms with Crippen molar-refractivity contribution in [3.8, 4) is 0 Å². The van der Waals surface area contributed by atoms with Gasteiger partial charge in [0, 0.05) is 29.4 Å². The van der Waals surface area contributed by atoms with E-state index in [9.17, 15) is 4.79 Å². The zero-order chi connectivity index (χ0) is 15.5. The lowest BCUT2D eigenvalue weighted by molar-refractivity contribution is 0.322. The molecule has 0 fully saturated rings. The van der Waals surface area contributed by atoms with Gasteiger partial charge in [0.2, 0.25) is 0 Å². The van der Waals surface area contributed by atoms with E-state index in [2.05, 4.69) is 48.5 Å². The number of hydrogen-bond donors (Lipinski definition) is 0. The summed E-state index contributed by atoms with van der Waals surface area (Å²) >= 11 is 1.75. The topological polar surface area (TPSA) is 33.5 Å². The first kappa shape index (κ1) is 15.0. The maximum absolute atomic E-state index is 11.8. The van der Waals surface area contributed by atoms with Gasteiger partial charge in [0.25, 0.3) is 0 Å². The van der Waals surface area contributed by atoms with E-state index in [4.69, 9.17) is 4.42 Å². The minimum Gasteiger partial charge on any atom is -0.423 e. The van der Waals surface area contributed by atoms with Crippen LogP contribution < -0.4 is 5.63 Å². The van der Waals surface area contributed by atoms with Gasteiger partial charge in [-0.05, 0) is 42.1 Å². The molecule has 4 heteroatoms. The monoisotopic (exact) mass is 313 g/mol. The molecule has 3 nitrogen and oxygen atoms in total. The van der Waals surface area contributed by atoms with Gasteiger partial charge in [0.15, 0.2) is 0 Å². The Labute approximate surface area is 133 Å². The van der Waals surface area contributed by atoms with Crippen LogP contribution in [0, 0.1) is 0 Å². The Kier molecular flexibility index (Phi) is 4.41. The van der Waals surface area contributed by atoms with Crippen molar-refractivity contribution >= 4 is 22.3 Å². The number of nitrogens with zero attached hydrogens (tertiary/aromatic N) is 1. The highest BCUT2D eigenvalue weighted by molar-refractivity contribution is 7.09. The van der Waals surface area contributed by atoms with Crippen molar-refractivity contribution in [2.75, 3.05) is 7.05 Å². The van der Waals surface area contributed by atoms with Crippen LogP contribution in [0.25, 0.3) is 11.0 Å². The number of aryl methyl sites for hydroxylation is 1. The molecule has 1 aromatic carbocycles. The van der Waals surface area contributed by atoms with Crippen LogP contribution >= 0.6 is 11.3 Å². The second-order valence-corrected chi connectivity index (χ2v) is 6.56. The summed E-state index contributed by atoms with van der Waals surface area (Å²) in [5.41, 5.74) is 2.61. The molecule has 0 aliphatic heterocycles. The van der Waals surface area contributed by atoms with Crippen molar-refractivity contribution in [3.05, 3.63) is 68.2 Å². The summed E-state index contributed by atoms with van der Waals surface area (Å²) < 4.78 is 5.36. The highest BCUT2D eigenvalue weighted by Gasteiger charge is 2.09. The summed E-state index contributed by atoms with van der Waals surface area (Å²) in [7, 11) is 2.07. The second kappa shape index (κ2) is 6.46. The third-order valence-corrected chi connectivity index (χ3v) is 4.61. The molecule has 114 valence electrons. The molecule has 0 unspecified atom stereocenters. The number of hydrogen-bond acceptors (Lipinski definition) is 4. The molecule has 0 radical (unpaired) electrons. The molecule has 0 spiro atoms. The molecule has 2 aromatic heterocycles. The molecular formula is C18H19NO2S. The third kappa shape index (κ3) is 3.29. The molecule has 0 aliphatic rings. The first-order valence-electron chi connectivity index (χ1n) is 7.42. The van der Waals surface area contributed by atoms with E-state index in [0.29, 0.717) is 5.58 Å². The van der Waals surface area contributed by atoms with Crippen molar-refractivity contribution < 1.29 is 4.42 Å². The Hall–Kier alpha value is -1.91. The predicted molar refractivity (Wildman–Crippen MR) is 91.4 cm³/mol. The van der Waals surface area contributed by atoms with E-state index in [-0.39, 0.29) is 5.63 Å². The summed E-state index contributed by atoms with van der Waals surface area (Å²) in [6.45, 7) is 3.70. The Morgan fingerprint density at radius 2 is 2.05 bits per heavy atom. The van der Waals surface area contributed by atoms with Crippen LogP contribution in [0.2, 0.25) is 0 Å². The molecule has 22 heavy (non-hydrogen) atoms. The SMILES string of the molecule is CCc1ccc2c(CN(C)Cc3cccs3)cc(=O)oc2c1. The van der Waals surface area contributed by atoms with Crippen LogP contribution in [-0.4, -0.2) is 11.9 Å². The van der Waals surface area contributed by atoms with Crippen molar-refractivity contribution in [1.82, 2.24) is 4.90 Å². The molecule has 0 bridgehead atoms. The van der Waals surface area contributed by atoms with Crippen LogP contribution in [0.4, 0.5) is 0 Å². The van der Waals surface area contributed by atoms with Crippen molar-refractivity contribution in [2.24, 2.45) is 0 Å². The highest BCUT2D eigenvalue weighted by Crippen LogP contribution is 2.21. The maximum Gasteiger partial charge on any atom is 0.336 e. The summed E-state index contributed by atoms with van der Waals surface area (Å²) in [6, 6.07) is 11.9. The predicted octanol–water partition coefficient (Wildman–Crippen LogP) is 4.05. The molecule has 0 saturated heterocycles. The van der Waals surface area contributed by atoms with Crippen molar-refractivity contribution in [3.63, 3.8) is 0 Å². The fourth-order valence-electron chi connectivity index (χ4n) is 2.64. The molecule has 0 atom stereocenters. The normalized spacial score (nSPS) is 11.4. The van der Waals surface area contributed by atoms with E-state index >= 15 is 0 Å². The van der Waals surface area contributed by atoms with Crippen molar-refractivity contribution in [1.29, 1.82) is 0 Å². The lowest BCUT2D eigenvalue weighted by atomic mass is 10.1. The van der Waals surface area contributed by atoms with Crippen LogP contribution in [0.15, 0.2) is 51.0 Å². The molecular weight excluding hydrogens is 294 g/mol. The summed E-state index contributed by atoms with van der Waals surface area (Å²) in [5, 5.41) is 3.11. The van der Waals surface area contributed by atoms with Crippen molar-refractivity contribution in [2.45, 2.75) is 26.4 Å². The maximum atomic E-state index is 11.8. The fourth-order valence-corrected chi connectivity index (χ4v) is 3.42. The first-order valence-corrected chi connectivity index (χ1v) is 8.30. The number of benzene rings is 1. The molecule has 3 rings (SSSR count). The quantitative estimate of drug-likeness (QED) is 0.666. The molecule has 3 aromatic rings. The minimum absolute atomic E-state index is 0.278. The van der Waals surface area contributed by atoms with Gasteiger partial charge in [-0.1, -0.05) is 25.1 Å². The average molecular weight is 313 g/mol. The van der Waals surface area contributed by atoms with Crippen LogP contribution in [-0.2, 0) is 19.5 Å². The summed E-state index contributed by atoms with van der Waals surface area (Å²) in [6.07, 6.45) is 0.933. The third-order valence-electron chi connectivity index (χ3n) is 3.75. The Bertz CT molecular complexity index is 821. The van der Waals surface area contributed by atoms with Crippen LogP contribution in [0.1, 0.15) is 22.9 Å². The Balaban J connectivity index is 1.90. The fraction of sp³-hybridized carbons (Fsp3) is 0.278. The van der Waals surface area contributed by atoms with Gasteiger partial charge in [0.1, 0.15) is 5.58 Å². The summed E-state index contributed by atoms with van der Waals surface area (Å²) in [5.74, 6) is 0. The van der Waals surface area contributed by atoms with E-state index < -0.39 is 0 Å². The first-order chi connectivity index (χ1) is 10.7. The van der Waals surface area contributed by atoms with Gasteiger partial charge in [-0.25, -0.2) is 4.79 Å². The molecule has 0 N–H and O–H groups in total. The standard InChI is InChI=1S/C18H19NO2S/c1-3-13-6-7-16-14(10-18(20)21-17(16)9-13)11-19(2)12-15-5-4-8-22-15/h4-10H,3,11-12H2,1-2H3. The van der Waals surface area contributed by atoms with Gasteiger partial charge in [0.05, 0.1) is 0 Å². The van der Waals surface area contributed by atoms with E-state index in [1.807, 2.05) is 6.07 Å². The minimum atomic E-state index is -0.278. The lowest BCUT2D eigenvalue weighted by Crippen LogP contribution is -2.18. The zero-order valence-electron chi connectivity index (χ0n) is 12.8. The van der Waals surface area contributed by atoms with Crippen LogP contribution in [0.3, 0.4) is 0 Å². The summed E-state index contributed by atoms with van der Waals surface area (Å²) in [4.78, 5) is 15.4. The van der Waals surface area contributed by atoms with Gasteiger partial charge in [-0.2, -0.15) is 0 Å². The van der Waals surface area contributed by atoms with E-state index in [0.717, 1.165) is 30.5 Å². The van der Waals surface area contributed by atoms with Gasteiger partial charge < -0.3 is 4.42 Å². The molecule has 0 aliphatic carbocycles. The largest absolute Gasteiger partial charge is 0.423 e. The van der Waals surface area contributed by atoms with E-state index in [1.54, 1.807) is 17.4 Å². The smallest absolute Gasteiger partial charge is 0.336 e. The van der Waals surface area contributed by atoms with Gasteiger partial charge in [-0.3, -0.25) is 4.90 Å². The molecule has 0 saturated carbocycles. The van der Waals surface area contributed by atoms with Gasteiger partial charge in [-0.15, -0.1) is 11.3 Å². The van der Waals surface area contributed by atoms with Gasteiger partial charge >= 0.3 is 5.63 Å². The Morgan fingerprint density at radius 1 is 1.18 bits per heavy atom. The second-order valence-electron chi connectivity index (χ2n) is 5.53. The Morgan fingerprint density at radius 3 is 2.77 bits per heavy atom. The molecule has 2 heterocycles. The van der Waals surface area contributed by atoms with E-state index in [1.165, 1.54) is 10.4 Å². The lowest BCUT2D eigenvalue weighted by Gasteiger charge is -2.16. The zero-order valence-corrected chi connectivity index (χ0v) is 13.7. The number of fused-ring (bicyclic) bond motifs is 1. The van der Waals surface area contributed by atoms with Crippen LogP contribution in [0.5, 0.6) is 0 Å². The average Bonchev–Trinajstić information content (AvgIpc) is 2.99. The number of rotatable bonds is 5. The highest BCUT2D eigenvalue weighted by atomic mass is 32.1.